The average Bonchev–Trinajstić information content (AvgIpc) is 2.54. The van der Waals surface area contributed by atoms with E-state index in [1.54, 1.807) is 0 Å². The van der Waals surface area contributed by atoms with Crippen LogP contribution in [0.1, 0.15) is 39.5 Å². The molecular weight excluding hydrogens is 272 g/mol. The predicted molar refractivity (Wildman–Crippen MR) is 99.1 cm³/mol. The van der Waals surface area contributed by atoms with E-state index in [1.165, 1.54) is 0 Å². The van der Waals surface area contributed by atoms with E-state index in [2.05, 4.69) is 48.0 Å². The summed E-state index contributed by atoms with van der Waals surface area (Å²) < 4.78 is 0. The second-order valence-corrected chi connectivity index (χ2v) is 5.64. The van der Waals surface area contributed by atoms with Crippen molar-refractivity contribution in [2.45, 2.75) is 39.5 Å². The maximum Gasteiger partial charge on any atom is 0.0163 e. The van der Waals surface area contributed by atoms with Gasteiger partial charge in [0, 0.05) is 26.2 Å². The lowest BCUT2D eigenvalue weighted by molar-refractivity contribution is 0.225. The number of nitrogens with zero attached hydrogens (tertiary/aromatic N) is 2. The van der Waals surface area contributed by atoms with Crippen LogP contribution in [0.15, 0.2) is 24.3 Å². The molecule has 0 aromatic rings. The van der Waals surface area contributed by atoms with Crippen molar-refractivity contribution in [3.63, 3.8) is 0 Å². The topological polar surface area (TPSA) is 58.5 Å². The molecule has 0 spiro atoms. The van der Waals surface area contributed by atoms with Crippen LogP contribution in [0.5, 0.6) is 0 Å². The van der Waals surface area contributed by atoms with Crippen molar-refractivity contribution >= 4 is 0 Å². The summed E-state index contributed by atoms with van der Waals surface area (Å²) in [5, 5.41) is 0. The molecule has 0 amide bonds. The second kappa shape index (κ2) is 16.7. The molecule has 0 aliphatic carbocycles. The number of hydrogen-bond donors (Lipinski definition) is 2. The van der Waals surface area contributed by atoms with E-state index >= 15 is 0 Å². The Kier molecular flexibility index (Phi) is 16.2. The standard InChI is InChI=1S/C18H38N4/c1-3-5-7-13-21(15-9-11-19)17-18-22(16-10-12-20)14-8-6-4-2/h5-8H,3-4,9-20H2,1-2H3. The SMILES string of the molecule is CCC=CCN(CCCN)CCN(CC=CCC)CCCN. The second-order valence-electron chi connectivity index (χ2n) is 5.64. The minimum absolute atomic E-state index is 0.768. The van der Waals surface area contributed by atoms with Crippen molar-refractivity contribution in [2.24, 2.45) is 11.5 Å². The van der Waals surface area contributed by atoms with Gasteiger partial charge in [-0.05, 0) is 51.9 Å². The molecular formula is C18H38N4. The quantitative estimate of drug-likeness (QED) is 0.455. The third-order valence-corrected chi connectivity index (χ3v) is 3.62. The monoisotopic (exact) mass is 310 g/mol. The first-order chi connectivity index (χ1) is 10.8. The Morgan fingerprint density at radius 2 is 1.05 bits per heavy atom. The van der Waals surface area contributed by atoms with Gasteiger partial charge in [0.2, 0.25) is 0 Å². The molecule has 0 saturated heterocycles. The van der Waals surface area contributed by atoms with Crippen LogP contribution in [-0.4, -0.2) is 62.2 Å². The highest BCUT2D eigenvalue weighted by atomic mass is 15.2. The van der Waals surface area contributed by atoms with Gasteiger partial charge in [-0.1, -0.05) is 38.2 Å². The summed E-state index contributed by atoms with van der Waals surface area (Å²) in [5.74, 6) is 0. The zero-order valence-electron chi connectivity index (χ0n) is 14.8. The van der Waals surface area contributed by atoms with Crippen molar-refractivity contribution < 1.29 is 0 Å². The number of hydrogen-bond acceptors (Lipinski definition) is 4. The molecule has 4 nitrogen and oxygen atoms in total. The van der Waals surface area contributed by atoms with Gasteiger partial charge >= 0.3 is 0 Å². The smallest absolute Gasteiger partial charge is 0.0163 e. The van der Waals surface area contributed by atoms with Gasteiger partial charge in [-0.3, -0.25) is 9.80 Å². The van der Waals surface area contributed by atoms with Gasteiger partial charge in [0.15, 0.2) is 0 Å². The molecule has 22 heavy (non-hydrogen) atoms. The van der Waals surface area contributed by atoms with Gasteiger partial charge in [0.25, 0.3) is 0 Å². The molecule has 0 saturated carbocycles. The summed E-state index contributed by atoms with van der Waals surface area (Å²) in [7, 11) is 0. The summed E-state index contributed by atoms with van der Waals surface area (Å²) in [6.07, 6.45) is 13.4. The fraction of sp³-hybridized carbons (Fsp3) is 0.778. The first-order valence-electron chi connectivity index (χ1n) is 8.93. The Bertz CT molecular complexity index is 248. The van der Waals surface area contributed by atoms with Crippen LogP contribution in [0.3, 0.4) is 0 Å². The van der Waals surface area contributed by atoms with Gasteiger partial charge in [-0.15, -0.1) is 0 Å². The Balaban J connectivity index is 4.29. The van der Waals surface area contributed by atoms with Crippen molar-refractivity contribution in [3.05, 3.63) is 24.3 Å². The van der Waals surface area contributed by atoms with Crippen molar-refractivity contribution in [1.29, 1.82) is 0 Å². The van der Waals surface area contributed by atoms with E-state index in [0.717, 1.165) is 78.0 Å². The van der Waals surface area contributed by atoms with Gasteiger partial charge in [-0.25, -0.2) is 0 Å². The lowest BCUT2D eigenvalue weighted by Gasteiger charge is -2.26. The molecule has 0 aliphatic heterocycles. The molecule has 0 fully saturated rings. The molecule has 0 aromatic heterocycles. The fourth-order valence-corrected chi connectivity index (χ4v) is 2.28. The van der Waals surface area contributed by atoms with Gasteiger partial charge in [-0.2, -0.15) is 0 Å². The van der Waals surface area contributed by atoms with Crippen LogP contribution in [0, 0.1) is 0 Å². The Labute approximate surface area is 138 Å². The van der Waals surface area contributed by atoms with Crippen LogP contribution in [0.2, 0.25) is 0 Å². The number of nitrogens with two attached hydrogens (primary N) is 2. The van der Waals surface area contributed by atoms with E-state index in [1.807, 2.05) is 0 Å². The minimum atomic E-state index is 0.768. The molecule has 4 N–H and O–H groups in total. The van der Waals surface area contributed by atoms with Crippen LogP contribution in [-0.2, 0) is 0 Å². The lowest BCUT2D eigenvalue weighted by atomic mass is 10.3. The predicted octanol–water partition coefficient (Wildman–Crippen LogP) is 2.22. The van der Waals surface area contributed by atoms with E-state index < -0.39 is 0 Å². The Morgan fingerprint density at radius 3 is 1.36 bits per heavy atom. The largest absolute Gasteiger partial charge is 0.330 e. The fourth-order valence-electron chi connectivity index (χ4n) is 2.28. The van der Waals surface area contributed by atoms with E-state index in [4.69, 9.17) is 11.5 Å². The Hall–Kier alpha value is -0.680. The van der Waals surface area contributed by atoms with Crippen molar-refractivity contribution in [3.8, 4) is 0 Å². The highest BCUT2D eigenvalue weighted by molar-refractivity contribution is 4.86. The van der Waals surface area contributed by atoms with Gasteiger partial charge in [0.05, 0.1) is 0 Å². The maximum atomic E-state index is 5.66. The minimum Gasteiger partial charge on any atom is -0.330 e. The van der Waals surface area contributed by atoms with Gasteiger partial charge < -0.3 is 11.5 Å². The molecule has 0 bridgehead atoms. The average molecular weight is 311 g/mol. The summed E-state index contributed by atoms with van der Waals surface area (Å²) in [5.41, 5.74) is 11.3. The van der Waals surface area contributed by atoms with Crippen LogP contribution in [0.4, 0.5) is 0 Å². The molecule has 0 unspecified atom stereocenters. The zero-order valence-corrected chi connectivity index (χ0v) is 14.8. The summed E-state index contributed by atoms with van der Waals surface area (Å²) in [6.45, 7) is 12.3. The molecule has 130 valence electrons. The molecule has 0 heterocycles. The third kappa shape index (κ3) is 13.0. The molecule has 0 rings (SSSR count). The van der Waals surface area contributed by atoms with E-state index in [-0.39, 0.29) is 0 Å². The highest BCUT2D eigenvalue weighted by Crippen LogP contribution is 1.98. The van der Waals surface area contributed by atoms with E-state index in [9.17, 15) is 0 Å². The zero-order chi connectivity index (χ0) is 16.5. The molecule has 0 radical (unpaired) electrons. The molecule has 0 aliphatic rings. The molecule has 4 heteroatoms. The van der Waals surface area contributed by atoms with Gasteiger partial charge in [0.1, 0.15) is 0 Å². The molecule has 0 aromatic carbocycles. The van der Waals surface area contributed by atoms with E-state index in [0.29, 0.717) is 0 Å². The summed E-state index contributed by atoms with van der Waals surface area (Å²) in [6, 6.07) is 0. The third-order valence-electron chi connectivity index (χ3n) is 3.62. The highest BCUT2D eigenvalue weighted by Gasteiger charge is 2.07. The van der Waals surface area contributed by atoms with Crippen molar-refractivity contribution in [1.82, 2.24) is 9.80 Å². The lowest BCUT2D eigenvalue weighted by Crippen LogP contribution is -2.37. The van der Waals surface area contributed by atoms with Crippen molar-refractivity contribution in [2.75, 3.05) is 52.4 Å². The van der Waals surface area contributed by atoms with Crippen LogP contribution >= 0.6 is 0 Å². The van der Waals surface area contributed by atoms with Crippen LogP contribution in [0.25, 0.3) is 0 Å². The normalized spacial score (nSPS) is 12.5. The van der Waals surface area contributed by atoms with Crippen LogP contribution < -0.4 is 11.5 Å². The summed E-state index contributed by atoms with van der Waals surface area (Å²) >= 11 is 0. The number of rotatable bonds is 15. The molecule has 0 atom stereocenters. The first-order valence-corrected chi connectivity index (χ1v) is 8.93. The number of allylic oxidation sites excluding steroid dienone is 2. The maximum absolute atomic E-state index is 5.66. The first kappa shape index (κ1) is 21.3. The Morgan fingerprint density at radius 1 is 0.636 bits per heavy atom. The summed E-state index contributed by atoms with van der Waals surface area (Å²) in [4.78, 5) is 5.00.